The Hall–Kier alpha value is -1.41. The van der Waals surface area contributed by atoms with Gasteiger partial charge in [0.1, 0.15) is 6.29 Å². The zero-order valence-electron chi connectivity index (χ0n) is 13.2. The summed E-state index contributed by atoms with van der Waals surface area (Å²) in [4.78, 5) is 11.5. The van der Waals surface area contributed by atoms with E-state index in [2.05, 4.69) is 31.4 Å². The van der Waals surface area contributed by atoms with Gasteiger partial charge in [0, 0.05) is 4.88 Å². The molecule has 0 radical (unpaired) electrons. The van der Waals surface area contributed by atoms with Crippen molar-refractivity contribution >= 4 is 23.7 Å². The lowest BCUT2D eigenvalue weighted by Crippen LogP contribution is -1.92. The third-order valence-corrected chi connectivity index (χ3v) is 4.40. The molecular weight excluding hydrogens is 276 g/mol. The molecule has 0 N–H and O–H groups in total. The molecule has 0 saturated carbocycles. The van der Waals surface area contributed by atoms with Crippen molar-refractivity contribution in [2.24, 2.45) is 0 Å². The summed E-state index contributed by atoms with van der Waals surface area (Å²) >= 11 is 1.85. The summed E-state index contributed by atoms with van der Waals surface area (Å²) in [5.41, 5.74) is 3.09. The zero-order valence-corrected chi connectivity index (χ0v) is 14.0. The van der Waals surface area contributed by atoms with Crippen molar-refractivity contribution in [2.75, 3.05) is 0 Å². The lowest BCUT2D eigenvalue weighted by atomic mass is 10.0. The summed E-state index contributed by atoms with van der Waals surface area (Å²) in [5, 5.41) is 2.33. The molecule has 0 aliphatic carbocycles. The smallest absolute Gasteiger partial charge is 0.142 e. The number of aryl methyl sites for hydroxylation is 1. The molecule has 0 aliphatic heterocycles. The predicted molar refractivity (Wildman–Crippen MR) is 94.9 cm³/mol. The highest BCUT2D eigenvalue weighted by Crippen LogP contribution is 2.27. The molecule has 0 spiro atoms. The van der Waals surface area contributed by atoms with Gasteiger partial charge in [-0.05, 0) is 54.3 Å². The Morgan fingerprint density at radius 1 is 0.952 bits per heavy atom. The van der Waals surface area contributed by atoms with Crippen molar-refractivity contribution in [3.8, 4) is 0 Å². The molecule has 1 heterocycles. The fraction of sp³-hybridized carbons (Fsp3) is 0.421. The van der Waals surface area contributed by atoms with Gasteiger partial charge in [0.25, 0.3) is 0 Å². The van der Waals surface area contributed by atoms with E-state index in [1.165, 1.54) is 49.5 Å². The van der Waals surface area contributed by atoms with E-state index < -0.39 is 0 Å². The van der Waals surface area contributed by atoms with Crippen LogP contribution >= 0.6 is 11.3 Å². The minimum Gasteiger partial charge on any atom is -0.299 e. The Morgan fingerprint density at radius 2 is 1.62 bits per heavy atom. The number of hydrogen-bond acceptors (Lipinski definition) is 2. The fourth-order valence-electron chi connectivity index (χ4n) is 2.17. The Bertz CT molecular complexity index is 492. The van der Waals surface area contributed by atoms with Gasteiger partial charge in [0.2, 0.25) is 0 Å². The average molecular weight is 302 g/mol. The molecule has 2 heteroatoms. The second kappa shape index (κ2) is 11.3. The first kappa shape index (κ1) is 17.6. The second-order valence-electron chi connectivity index (χ2n) is 5.08. The molecule has 114 valence electrons. The highest BCUT2D eigenvalue weighted by atomic mass is 32.1. The Morgan fingerprint density at radius 3 is 2.33 bits per heavy atom. The number of hydrogen-bond donors (Lipinski definition) is 0. The van der Waals surface area contributed by atoms with Crippen LogP contribution in [0.3, 0.4) is 0 Å². The standard InChI is InChI=1S/C19H26OS/c1-3-5-12-17-16-21-19(18(17)13-6-4-2)14-10-8-7-9-11-15-20/h7-11,14-16H,3-6,12-13H2,1-2H3/b8-7+,11-9+,14-10+. The van der Waals surface area contributed by atoms with Gasteiger partial charge in [0.05, 0.1) is 0 Å². The van der Waals surface area contributed by atoms with Crippen LogP contribution in [0.25, 0.3) is 6.08 Å². The molecule has 0 fully saturated rings. The molecule has 0 aromatic carbocycles. The van der Waals surface area contributed by atoms with Gasteiger partial charge in [-0.1, -0.05) is 51.0 Å². The largest absolute Gasteiger partial charge is 0.299 e. The molecule has 0 amide bonds. The van der Waals surface area contributed by atoms with E-state index in [-0.39, 0.29) is 0 Å². The van der Waals surface area contributed by atoms with Crippen LogP contribution in [0.5, 0.6) is 0 Å². The molecule has 0 unspecified atom stereocenters. The van der Waals surface area contributed by atoms with Gasteiger partial charge >= 0.3 is 0 Å². The summed E-state index contributed by atoms with van der Waals surface area (Å²) in [6.45, 7) is 4.49. The van der Waals surface area contributed by atoms with Gasteiger partial charge in [-0.25, -0.2) is 0 Å². The van der Waals surface area contributed by atoms with Crippen LogP contribution in [-0.2, 0) is 17.6 Å². The van der Waals surface area contributed by atoms with Crippen molar-refractivity contribution in [1.82, 2.24) is 0 Å². The van der Waals surface area contributed by atoms with E-state index in [0.29, 0.717) is 0 Å². The normalized spacial score (nSPS) is 12.1. The monoisotopic (exact) mass is 302 g/mol. The molecule has 1 aromatic heterocycles. The zero-order chi connectivity index (χ0) is 15.3. The van der Waals surface area contributed by atoms with E-state index >= 15 is 0 Å². The van der Waals surface area contributed by atoms with Crippen LogP contribution in [-0.4, -0.2) is 6.29 Å². The number of carbonyl (C=O) groups is 1. The summed E-state index contributed by atoms with van der Waals surface area (Å²) < 4.78 is 0. The van der Waals surface area contributed by atoms with E-state index in [0.717, 1.165) is 6.29 Å². The molecule has 1 rings (SSSR count). The van der Waals surface area contributed by atoms with Gasteiger partial charge < -0.3 is 0 Å². The number of allylic oxidation sites excluding steroid dienone is 5. The molecule has 1 nitrogen and oxygen atoms in total. The SMILES string of the molecule is CCCCc1csc(/C=C/C=C/C=C/C=O)c1CCCC. The van der Waals surface area contributed by atoms with E-state index in [1.807, 2.05) is 23.5 Å². The number of carbonyl (C=O) groups excluding carboxylic acids is 1. The minimum atomic E-state index is 0.788. The molecule has 0 bridgehead atoms. The van der Waals surface area contributed by atoms with Crippen LogP contribution in [0.2, 0.25) is 0 Å². The fourth-order valence-corrected chi connectivity index (χ4v) is 3.23. The second-order valence-corrected chi connectivity index (χ2v) is 5.99. The van der Waals surface area contributed by atoms with Crippen LogP contribution in [0.1, 0.15) is 55.5 Å². The highest BCUT2D eigenvalue weighted by molar-refractivity contribution is 7.11. The van der Waals surface area contributed by atoms with Crippen molar-refractivity contribution in [2.45, 2.75) is 52.4 Å². The third kappa shape index (κ3) is 6.72. The van der Waals surface area contributed by atoms with Gasteiger partial charge in [0.15, 0.2) is 0 Å². The topological polar surface area (TPSA) is 17.1 Å². The third-order valence-electron chi connectivity index (χ3n) is 3.36. The van der Waals surface area contributed by atoms with Gasteiger partial charge in [-0.2, -0.15) is 0 Å². The summed E-state index contributed by atoms with van der Waals surface area (Å²) in [6.07, 6.45) is 19.5. The maximum atomic E-state index is 10.2. The molecule has 0 atom stereocenters. The number of thiophene rings is 1. The van der Waals surface area contributed by atoms with Crippen molar-refractivity contribution in [1.29, 1.82) is 0 Å². The van der Waals surface area contributed by atoms with Gasteiger partial charge in [-0.15, -0.1) is 11.3 Å². The van der Waals surface area contributed by atoms with Crippen LogP contribution in [0.4, 0.5) is 0 Å². The first-order chi connectivity index (χ1) is 10.3. The molecule has 21 heavy (non-hydrogen) atoms. The number of aldehydes is 1. The number of rotatable bonds is 10. The Labute approximate surface area is 133 Å². The van der Waals surface area contributed by atoms with Crippen molar-refractivity contribution in [3.63, 3.8) is 0 Å². The average Bonchev–Trinajstić information content (AvgIpc) is 2.88. The molecule has 0 saturated heterocycles. The maximum Gasteiger partial charge on any atom is 0.142 e. The summed E-state index contributed by atoms with van der Waals surface area (Å²) in [7, 11) is 0. The van der Waals surface area contributed by atoms with Crippen LogP contribution in [0.15, 0.2) is 35.8 Å². The first-order valence-corrected chi connectivity index (χ1v) is 8.75. The maximum absolute atomic E-state index is 10.2. The highest BCUT2D eigenvalue weighted by Gasteiger charge is 2.08. The van der Waals surface area contributed by atoms with E-state index in [1.54, 1.807) is 17.2 Å². The summed E-state index contributed by atoms with van der Waals surface area (Å²) in [6, 6.07) is 0. The summed E-state index contributed by atoms with van der Waals surface area (Å²) in [5.74, 6) is 0. The minimum absolute atomic E-state index is 0.788. The Balaban J connectivity index is 2.77. The quantitative estimate of drug-likeness (QED) is 0.305. The lowest BCUT2D eigenvalue weighted by Gasteiger charge is -2.04. The number of unbranched alkanes of at least 4 members (excludes halogenated alkanes) is 2. The first-order valence-electron chi connectivity index (χ1n) is 7.87. The van der Waals surface area contributed by atoms with Crippen molar-refractivity contribution < 1.29 is 4.79 Å². The van der Waals surface area contributed by atoms with E-state index in [4.69, 9.17) is 0 Å². The van der Waals surface area contributed by atoms with Gasteiger partial charge in [-0.3, -0.25) is 4.79 Å². The van der Waals surface area contributed by atoms with E-state index in [9.17, 15) is 4.79 Å². The Kier molecular flexibility index (Phi) is 9.47. The molecule has 1 aromatic rings. The van der Waals surface area contributed by atoms with Crippen molar-refractivity contribution in [3.05, 3.63) is 51.8 Å². The molecule has 0 aliphatic rings. The van der Waals surface area contributed by atoms with Crippen LogP contribution in [0, 0.1) is 0 Å². The lowest BCUT2D eigenvalue weighted by molar-refractivity contribution is -0.104. The predicted octanol–water partition coefficient (Wildman–Crippen LogP) is 5.76. The van der Waals surface area contributed by atoms with Crippen LogP contribution < -0.4 is 0 Å². The molecular formula is C19H26OS.